The van der Waals surface area contributed by atoms with Gasteiger partial charge in [-0.1, -0.05) is 53.2 Å². The monoisotopic (exact) mass is 300 g/mol. The lowest BCUT2D eigenvalue weighted by atomic mass is 10.1. The summed E-state index contributed by atoms with van der Waals surface area (Å²) >= 11 is 6.10. The number of aryl methyl sites for hydroxylation is 1. The Balaban J connectivity index is 1.74. The summed E-state index contributed by atoms with van der Waals surface area (Å²) in [5.74, 6) is 0.417. The number of aromatic nitrogens is 2. The van der Waals surface area contributed by atoms with Crippen molar-refractivity contribution in [2.75, 3.05) is 0 Å². The van der Waals surface area contributed by atoms with Gasteiger partial charge in [0, 0.05) is 5.56 Å². The van der Waals surface area contributed by atoms with E-state index < -0.39 is 0 Å². The van der Waals surface area contributed by atoms with Crippen LogP contribution in [0.25, 0.3) is 11.4 Å². The number of ether oxygens (including phenoxy) is 1. The highest BCUT2D eigenvalue weighted by molar-refractivity contribution is 6.33. The fraction of sp³-hybridized carbons (Fsp3) is 0.125. The minimum atomic E-state index is 0.133. The molecule has 0 unspecified atom stereocenters. The first kappa shape index (κ1) is 13.6. The molecule has 0 bridgehead atoms. The molecule has 5 heteroatoms. The number of benzene rings is 2. The molecule has 0 spiro atoms. The standard InChI is InChI=1S/C16H13ClN2O2/c1-11-6-2-3-7-12(11)10-20-16-18-15(19-21-16)13-8-4-5-9-14(13)17/h2-9H,10H2,1H3. The second kappa shape index (κ2) is 5.97. The van der Waals surface area contributed by atoms with Gasteiger partial charge in [0.25, 0.3) is 0 Å². The number of nitrogens with zero attached hydrogens (tertiary/aromatic N) is 2. The Labute approximate surface area is 127 Å². The van der Waals surface area contributed by atoms with E-state index in [9.17, 15) is 0 Å². The molecule has 0 aliphatic heterocycles. The third kappa shape index (κ3) is 3.06. The molecular weight excluding hydrogens is 288 g/mol. The van der Waals surface area contributed by atoms with Crippen molar-refractivity contribution >= 4 is 11.6 Å². The summed E-state index contributed by atoms with van der Waals surface area (Å²) in [6, 6.07) is 15.3. The molecule has 0 saturated heterocycles. The van der Waals surface area contributed by atoms with Crippen LogP contribution in [0.3, 0.4) is 0 Å². The van der Waals surface area contributed by atoms with Gasteiger partial charge in [-0.25, -0.2) is 0 Å². The molecule has 0 fully saturated rings. The van der Waals surface area contributed by atoms with Gasteiger partial charge >= 0.3 is 6.08 Å². The minimum absolute atomic E-state index is 0.133. The van der Waals surface area contributed by atoms with Crippen LogP contribution in [0, 0.1) is 6.92 Å². The molecular formula is C16H13ClN2O2. The van der Waals surface area contributed by atoms with Crippen LogP contribution in [0.15, 0.2) is 53.1 Å². The van der Waals surface area contributed by atoms with E-state index in [1.165, 1.54) is 0 Å². The average molecular weight is 301 g/mol. The van der Waals surface area contributed by atoms with Gasteiger partial charge in [-0.2, -0.15) is 4.98 Å². The zero-order chi connectivity index (χ0) is 14.7. The second-order valence-corrected chi connectivity index (χ2v) is 4.99. The van der Waals surface area contributed by atoms with Crippen LogP contribution in [-0.4, -0.2) is 10.1 Å². The molecule has 3 aromatic rings. The second-order valence-electron chi connectivity index (χ2n) is 4.58. The van der Waals surface area contributed by atoms with E-state index in [1.54, 1.807) is 6.07 Å². The van der Waals surface area contributed by atoms with Crippen LogP contribution in [0.2, 0.25) is 5.02 Å². The van der Waals surface area contributed by atoms with Crippen LogP contribution >= 0.6 is 11.6 Å². The van der Waals surface area contributed by atoms with E-state index >= 15 is 0 Å². The van der Waals surface area contributed by atoms with Crippen LogP contribution in [0.1, 0.15) is 11.1 Å². The molecule has 106 valence electrons. The molecule has 2 aromatic carbocycles. The lowest BCUT2D eigenvalue weighted by molar-refractivity contribution is 0.195. The van der Waals surface area contributed by atoms with Crippen LogP contribution in [-0.2, 0) is 6.61 Å². The lowest BCUT2D eigenvalue weighted by Crippen LogP contribution is -1.97. The molecule has 0 amide bonds. The highest BCUT2D eigenvalue weighted by atomic mass is 35.5. The third-order valence-electron chi connectivity index (χ3n) is 3.13. The molecule has 3 rings (SSSR count). The Morgan fingerprint density at radius 1 is 1.10 bits per heavy atom. The summed E-state index contributed by atoms with van der Waals surface area (Å²) in [6.45, 7) is 2.42. The van der Waals surface area contributed by atoms with E-state index in [0.29, 0.717) is 23.0 Å². The highest BCUT2D eigenvalue weighted by Crippen LogP contribution is 2.26. The molecule has 4 nitrogen and oxygen atoms in total. The number of hydrogen-bond donors (Lipinski definition) is 0. The first-order chi connectivity index (χ1) is 10.2. The zero-order valence-corrected chi connectivity index (χ0v) is 12.2. The van der Waals surface area contributed by atoms with Crippen LogP contribution < -0.4 is 4.74 Å². The SMILES string of the molecule is Cc1ccccc1COc1nc(-c2ccccc2Cl)no1. The highest BCUT2D eigenvalue weighted by Gasteiger charge is 2.12. The summed E-state index contributed by atoms with van der Waals surface area (Å²) in [4.78, 5) is 4.20. The van der Waals surface area contributed by atoms with Gasteiger partial charge in [-0.15, -0.1) is 0 Å². The molecule has 1 heterocycles. The fourth-order valence-corrected chi connectivity index (χ4v) is 2.15. The lowest BCUT2D eigenvalue weighted by Gasteiger charge is -2.04. The average Bonchev–Trinajstić information content (AvgIpc) is 2.96. The van der Waals surface area contributed by atoms with Gasteiger partial charge in [-0.3, -0.25) is 4.52 Å². The quantitative estimate of drug-likeness (QED) is 0.721. The third-order valence-corrected chi connectivity index (χ3v) is 3.46. The van der Waals surface area contributed by atoms with E-state index in [-0.39, 0.29) is 6.08 Å². The van der Waals surface area contributed by atoms with Crippen molar-refractivity contribution < 1.29 is 9.26 Å². The molecule has 0 aliphatic rings. The topological polar surface area (TPSA) is 48.2 Å². The maximum absolute atomic E-state index is 6.10. The smallest absolute Gasteiger partial charge is 0.417 e. The van der Waals surface area contributed by atoms with Gasteiger partial charge in [-0.05, 0) is 30.2 Å². The van der Waals surface area contributed by atoms with Crippen LogP contribution in [0.5, 0.6) is 6.08 Å². The zero-order valence-electron chi connectivity index (χ0n) is 11.4. The Morgan fingerprint density at radius 2 is 1.86 bits per heavy atom. The number of halogens is 1. The normalized spacial score (nSPS) is 10.6. The Morgan fingerprint density at radius 3 is 2.67 bits per heavy atom. The van der Waals surface area contributed by atoms with Gasteiger partial charge < -0.3 is 4.74 Å². The fourth-order valence-electron chi connectivity index (χ4n) is 1.93. The Kier molecular flexibility index (Phi) is 3.88. The molecule has 0 aliphatic carbocycles. The molecule has 0 N–H and O–H groups in total. The molecule has 1 aromatic heterocycles. The Hall–Kier alpha value is -2.33. The van der Waals surface area contributed by atoms with Crippen molar-refractivity contribution in [3.63, 3.8) is 0 Å². The molecule has 0 radical (unpaired) electrons. The van der Waals surface area contributed by atoms with Gasteiger partial charge in [0.05, 0.1) is 5.02 Å². The maximum atomic E-state index is 6.10. The van der Waals surface area contributed by atoms with Gasteiger partial charge in [0.15, 0.2) is 0 Å². The summed E-state index contributed by atoms with van der Waals surface area (Å²) in [7, 11) is 0. The first-order valence-electron chi connectivity index (χ1n) is 6.50. The van der Waals surface area contributed by atoms with Crippen molar-refractivity contribution in [3.05, 3.63) is 64.7 Å². The molecule has 0 saturated carbocycles. The van der Waals surface area contributed by atoms with Crippen LogP contribution in [0.4, 0.5) is 0 Å². The predicted octanol–water partition coefficient (Wildman–Crippen LogP) is 4.28. The minimum Gasteiger partial charge on any atom is -0.444 e. The largest absolute Gasteiger partial charge is 0.444 e. The van der Waals surface area contributed by atoms with E-state index in [0.717, 1.165) is 11.1 Å². The number of hydrogen-bond acceptors (Lipinski definition) is 4. The first-order valence-corrected chi connectivity index (χ1v) is 6.88. The van der Waals surface area contributed by atoms with Crippen molar-refractivity contribution in [1.29, 1.82) is 0 Å². The Bertz CT molecular complexity index is 755. The summed E-state index contributed by atoms with van der Waals surface area (Å²) < 4.78 is 10.6. The summed E-state index contributed by atoms with van der Waals surface area (Å²) in [5, 5.41) is 4.46. The maximum Gasteiger partial charge on any atom is 0.417 e. The van der Waals surface area contributed by atoms with E-state index in [1.807, 2.05) is 49.4 Å². The van der Waals surface area contributed by atoms with Crippen molar-refractivity contribution in [2.24, 2.45) is 0 Å². The van der Waals surface area contributed by atoms with Gasteiger partial charge in [0.1, 0.15) is 6.61 Å². The van der Waals surface area contributed by atoms with E-state index in [2.05, 4.69) is 10.1 Å². The molecule has 21 heavy (non-hydrogen) atoms. The van der Waals surface area contributed by atoms with E-state index in [4.69, 9.17) is 20.9 Å². The van der Waals surface area contributed by atoms with Gasteiger partial charge in [0.2, 0.25) is 5.82 Å². The van der Waals surface area contributed by atoms with Crippen molar-refractivity contribution in [3.8, 4) is 17.5 Å². The predicted molar refractivity (Wildman–Crippen MR) is 80.3 cm³/mol. The van der Waals surface area contributed by atoms with Crippen molar-refractivity contribution in [1.82, 2.24) is 10.1 Å². The summed E-state index contributed by atoms with van der Waals surface area (Å²) in [6.07, 6.45) is 0.133. The number of rotatable bonds is 4. The summed E-state index contributed by atoms with van der Waals surface area (Å²) in [5.41, 5.74) is 2.95. The molecule has 0 atom stereocenters. The van der Waals surface area contributed by atoms with Crippen molar-refractivity contribution in [2.45, 2.75) is 13.5 Å².